The van der Waals surface area contributed by atoms with Gasteiger partial charge in [0.2, 0.25) is 5.95 Å². The molecule has 1 unspecified atom stereocenters. The molecule has 0 bridgehead atoms. The van der Waals surface area contributed by atoms with Crippen molar-refractivity contribution in [3.63, 3.8) is 0 Å². The Labute approximate surface area is 165 Å². The van der Waals surface area contributed by atoms with E-state index < -0.39 is 30.8 Å². The molecule has 11 heteroatoms. The highest BCUT2D eigenvalue weighted by molar-refractivity contribution is 5.74. The number of anilines is 3. The van der Waals surface area contributed by atoms with E-state index in [9.17, 15) is 18.0 Å². The van der Waals surface area contributed by atoms with Crippen LogP contribution in [-0.2, 0) is 17.4 Å². The van der Waals surface area contributed by atoms with E-state index >= 15 is 0 Å². The number of nitrogens with two attached hydrogens (primary N) is 1. The van der Waals surface area contributed by atoms with Crippen molar-refractivity contribution in [1.29, 1.82) is 0 Å². The van der Waals surface area contributed by atoms with Crippen LogP contribution in [0.25, 0.3) is 0 Å². The maximum atomic E-state index is 13.2. The van der Waals surface area contributed by atoms with Gasteiger partial charge in [-0.1, -0.05) is 6.07 Å². The Bertz CT molecular complexity index is 924. The van der Waals surface area contributed by atoms with Crippen LogP contribution in [0.2, 0.25) is 0 Å². The predicted octanol–water partition coefficient (Wildman–Crippen LogP) is 2.78. The molecule has 1 heterocycles. The number of ether oxygens (including phenoxy) is 1. The zero-order valence-corrected chi connectivity index (χ0v) is 15.2. The number of nitrogens with one attached hydrogen (secondary N) is 2. The van der Waals surface area contributed by atoms with Crippen molar-refractivity contribution < 1.29 is 29.2 Å². The molecule has 1 atom stereocenters. The number of alkyl halides is 3. The third-order valence-electron chi connectivity index (χ3n) is 4.23. The van der Waals surface area contributed by atoms with Gasteiger partial charge in [0.25, 0.3) is 0 Å². The van der Waals surface area contributed by atoms with Crippen LogP contribution in [0.1, 0.15) is 25.3 Å². The molecule has 0 radical (unpaired) electrons. The van der Waals surface area contributed by atoms with Gasteiger partial charge in [-0.05, 0) is 37.0 Å². The van der Waals surface area contributed by atoms with Crippen LogP contribution in [0.4, 0.5) is 30.6 Å². The molecule has 3 rings (SSSR count). The number of nitrogens with zero attached hydrogens (tertiary/aromatic N) is 2. The number of halogens is 3. The number of benzene rings is 1. The topological polar surface area (TPSA) is 122 Å². The van der Waals surface area contributed by atoms with E-state index in [1.807, 2.05) is 0 Å². The zero-order chi connectivity index (χ0) is 21.9. The van der Waals surface area contributed by atoms with Gasteiger partial charge in [0.05, 0.1) is 14.1 Å². The molecule has 0 spiro atoms. The smallest absolute Gasteiger partial charge is 0.421 e. The zero-order valence-electron chi connectivity index (χ0n) is 16.2. The molecular weight excluding hydrogens is 391 g/mol. The Morgan fingerprint density at radius 2 is 2.24 bits per heavy atom. The van der Waals surface area contributed by atoms with Gasteiger partial charge < -0.3 is 26.2 Å². The average molecular weight is 412 g/mol. The van der Waals surface area contributed by atoms with Gasteiger partial charge in [-0.3, -0.25) is 4.79 Å². The summed E-state index contributed by atoms with van der Waals surface area (Å²) < 4.78 is 52.2. The molecule has 1 aromatic carbocycles. The van der Waals surface area contributed by atoms with Gasteiger partial charge in [-0.25, -0.2) is 4.98 Å². The first kappa shape index (κ1) is 19.2. The van der Waals surface area contributed by atoms with Gasteiger partial charge >= 0.3 is 12.1 Å². The molecule has 1 fully saturated rings. The maximum Gasteiger partial charge on any atom is 0.421 e. The normalized spacial score (nSPS) is 15.4. The maximum absolute atomic E-state index is 13.2. The number of carboxylic acids is 1. The van der Waals surface area contributed by atoms with Crippen molar-refractivity contribution in [2.45, 2.75) is 37.5 Å². The SMILES string of the molecule is [2H]COc1cc(CC(N)C(=O)O)ccc1Nc1ncc(C(F)(F)F)c(NC2CC2)n1. The van der Waals surface area contributed by atoms with Crippen molar-refractivity contribution in [2.24, 2.45) is 5.73 Å². The highest BCUT2D eigenvalue weighted by Gasteiger charge is 2.37. The van der Waals surface area contributed by atoms with Gasteiger partial charge in [-0.2, -0.15) is 18.2 Å². The second kappa shape index (κ2) is 8.11. The predicted molar refractivity (Wildman–Crippen MR) is 99.3 cm³/mol. The van der Waals surface area contributed by atoms with Crippen LogP contribution < -0.4 is 21.1 Å². The number of carbonyl (C=O) groups is 1. The average Bonchev–Trinajstić information content (AvgIpc) is 3.47. The monoisotopic (exact) mass is 412 g/mol. The Balaban J connectivity index is 1.86. The number of aromatic nitrogens is 2. The number of aliphatic carboxylic acids is 1. The summed E-state index contributed by atoms with van der Waals surface area (Å²) >= 11 is 0. The fraction of sp³-hybridized carbons (Fsp3) is 0.389. The molecule has 156 valence electrons. The molecule has 1 aliphatic rings. The molecule has 29 heavy (non-hydrogen) atoms. The van der Waals surface area contributed by atoms with E-state index in [0.717, 1.165) is 12.8 Å². The summed E-state index contributed by atoms with van der Waals surface area (Å²) in [7, 11) is -0.425. The summed E-state index contributed by atoms with van der Waals surface area (Å²) in [5.41, 5.74) is 5.45. The summed E-state index contributed by atoms with van der Waals surface area (Å²) in [5, 5.41) is 14.5. The minimum atomic E-state index is -4.60. The van der Waals surface area contributed by atoms with Crippen molar-refractivity contribution >= 4 is 23.4 Å². The van der Waals surface area contributed by atoms with Gasteiger partial charge in [0.1, 0.15) is 23.2 Å². The molecular formula is C18H20F3N5O3. The third kappa shape index (κ3) is 5.25. The lowest BCUT2D eigenvalue weighted by Crippen LogP contribution is -2.32. The second-order valence-electron chi connectivity index (χ2n) is 6.62. The summed E-state index contributed by atoms with van der Waals surface area (Å²) in [6.07, 6.45) is -2.32. The number of hydrogen-bond acceptors (Lipinski definition) is 7. The molecule has 5 N–H and O–H groups in total. The van der Waals surface area contributed by atoms with Crippen molar-refractivity contribution in [2.75, 3.05) is 17.7 Å². The summed E-state index contributed by atoms with van der Waals surface area (Å²) in [6.45, 7) is 0. The minimum Gasteiger partial charge on any atom is -0.495 e. The second-order valence-corrected chi connectivity index (χ2v) is 6.62. The van der Waals surface area contributed by atoms with Crippen LogP contribution in [0.15, 0.2) is 24.4 Å². The number of carboxylic acid groups (broad SMARTS) is 1. The van der Waals surface area contributed by atoms with Crippen LogP contribution in [-0.4, -0.2) is 40.2 Å². The molecule has 1 aliphatic carbocycles. The lowest BCUT2D eigenvalue weighted by molar-refractivity contribution is -0.139. The van der Waals surface area contributed by atoms with E-state index in [0.29, 0.717) is 17.4 Å². The molecule has 8 nitrogen and oxygen atoms in total. The Morgan fingerprint density at radius 3 is 2.86 bits per heavy atom. The largest absolute Gasteiger partial charge is 0.495 e. The quantitative estimate of drug-likeness (QED) is 0.522. The Kier molecular flexibility index (Phi) is 5.38. The molecule has 2 aromatic rings. The third-order valence-corrected chi connectivity index (χ3v) is 4.23. The number of hydrogen-bond donors (Lipinski definition) is 4. The first-order chi connectivity index (χ1) is 14.2. The standard InChI is InChI=1S/C18H20F3N5O3/c1-29-14-7-9(6-12(22)16(27)28)2-5-13(14)25-17-23-8-11(18(19,20)21)15(26-17)24-10-3-4-10/h2,5,7-8,10,12H,3-4,6,22H2,1H3,(H,27,28)(H2,23,24,25,26)/i1D. The van der Waals surface area contributed by atoms with Gasteiger partial charge in [0, 0.05) is 12.2 Å². The molecule has 1 aromatic heterocycles. The molecule has 0 saturated heterocycles. The van der Waals surface area contributed by atoms with E-state index in [1.54, 1.807) is 6.07 Å². The highest BCUT2D eigenvalue weighted by Crippen LogP contribution is 2.37. The molecule has 0 amide bonds. The van der Waals surface area contributed by atoms with Crippen LogP contribution >= 0.6 is 0 Å². The van der Waals surface area contributed by atoms with Crippen molar-refractivity contribution in [3.8, 4) is 5.75 Å². The van der Waals surface area contributed by atoms with Crippen molar-refractivity contribution in [1.82, 2.24) is 9.97 Å². The Morgan fingerprint density at radius 1 is 1.48 bits per heavy atom. The van der Waals surface area contributed by atoms with E-state index in [4.69, 9.17) is 16.9 Å². The van der Waals surface area contributed by atoms with Crippen molar-refractivity contribution in [3.05, 3.63) is 35.5 Å². The summed E-state index contributed by atoms with van der Waals surface area (Å²) in [5.74, 6) is -1.36. The minimum absolute atomic E-state index is 0.0379. The summed E-state index contributed by atoms with van der Waals surface area (Å²) in [6, 6.07) is 3.47. The number of rotatable bonds is 8. The first-order valence-corrected chi connectivity index (χ1v) is 8.68. The van der Waals surface area contributed by atoms with E-state index in [2.05, 4.69) is 20.6 Å². The van der Waals surface area contributed by atoms with Crippen LogP contribution in [0.3, 0.4) is 0 Å². The van der Waals surface area contributed by atoms with Crippen LogP contribution in [0.5, 0.6) is 5.75 Å². The first-order valence-electron chi connectivity index (χ1n) is 9.39. The fourth-order valence-electron chi connectivity index (χ4n) is 2.56. The lowest BCUT2D eigenvalue weighted by Gasteiger charge is -2.16. The molecule has 1 saturated carbocycles. The van der Waals surface area contributed by atoms with E-state index in [1.165, 1.54) is 12.1 Å². The lowest BCUT2D eigenvalue weighted by atomic mass is 10.1. The summed E-state index contributed by atoms with van der Waals surface area (Å²) in [4.78, 5) is 18.6. The Hall–Kier alpha value is -3.08. The molecule has 0 aliphatic heterocycles. The highest BCUT2D eigenvalue weighted by atomic mass is 19.4. The van der Waals surface area contributed by atoms with Crippen LogP contribution in [0, 0.1) is 0 Å². The number of methoxy groups -OCH3 is 1. The van der Waals surface area contributed by atoms with Gasteiger partial charge in [0.15, 0.2) is 0 Å². The van der Waals surface area contributed by atoms with E-state index in [-0.39, 0.29) is 30.0 Å². The van der Waals surface area contributed by atoms with Gasteiger partial charge in [-0.15, -0.1) is 0 Å². The fourth-order valence-corrected chi connectivity index (χ4v) is 2.56.